The second-order valence-corrected chi connectivity index (χ2v) is 4.95. The van der Waals surface area contributed by atoms with Crippen molar-refractivity contribution < 1.29 is 13.2 Å². The average Bonchev–Trinajstić information content (AvgIpc) is 2.77. The third kappa shape index (κ3) is 2.09. The van der Waals surface area contributed by atoms with Gasteiger partial charge in [-0.15, -0.1) is 0 Å². The van der Waals surface area contributed by atoms with Crippen molar-refractivity contribution in [1.29, 1.82) is 0 Å². The Bertz CT molecular complexity index is 833. The van der Waals surface area contributed by atoms with Crippen LogP contribution in [-0.4, -0.2) is 4.98 Å². The first-order valence-electron chi connectivity index (χ1n) is 5.46. The minimum absolute atomic E-state index is 0.0117. The SMILES string of the molecule is Nc1cc(F)c(F)cc1-c1nc2cc(Cl)cc(Cl)c2o1. The molecular formula is C13H6Cl2F2N2O. The van der Waals surface area contributed by atoms with Gasteiger partial charge in [0.25, 0.3) is 0 Å². The fourth-order valence-electron chi connectivity index (χ4n) is 1.82. The standard InChI is InChI=1S/C13H6Cl2F2N2O/c14-5-1-7(15)12-11(2-5)19-13(20-12)6-3-8(16)9(17)4-10(6)18/h1-4H,18H2. The minimum Gasteiger partial charge on any atom is -0.434 e. The summed E-state index contributed by atoms with van der Waals surface area (Å²) in [7, 11) is 0. The highest BCUT2D eigenvalue weighted by Crippen LogP contribution is 2.34. The minimum atomic E-state index is -1.04. The van der Waals surface area contributed by atoms with Crippen molar-refractivity contribution in [3.05, 3.63) is 45.9 Å². The van der Waals surface area contributed by atoms with Crippen molar-refractivity contribution in [3.8, 4) is 11.5 Å². The summed E-state index contributed by atoms with van der Waals surface area (Å²) in [5, 5.41) is 0.660. The van der Waals surface area contributed by atoms with Gasteiger partial charge in [0.2, 0.25) is 5.89 Å². The lowest BCUT2D eigenvalue weighted by Gasteiger charge is -2.02. The van der Waals surface area contributed by atoms with E-state index in [1.54, 1.807) is 6.07 Å². The Morgan fingerprint density at radius 1 is 1.05 bits per heavy atom. The number of benzene rings is 2. The maximum Gasteiger partial charge on any atom is 0.229 e. The summed E-state index contributed by atoms with van der Waals surface area (Å²) in [5.41, 5.74) is 6.51. The molecule has 0 fully saturated rings. The smallest absolute Gasteiger partial charge is 0.229 e. The van der Waals surface area contributed by atoms with Crippen molar-refractivity contribution in [3.63, 3.8) is 0 Å². The Kier molecular flexibility index (Phi) is 3.03. The zero-order valence-corrected chi connectivity index (χ0v) is 11.3. The van der Waals surface area contributed by atoms with Gasteiger partial charge < -0.3 is 10.2 Å². The molecule has 2 aromatic carbocycles. The van der Waals surface area contributed by atoms with E-state index in [0.717, 1.165) is 12.1 Å². The van der Waals surface area contributed by atoms with Crippen LogP contribution >= 0.6 is 23.2 Å². The van der Waals surface area contributed by atoms with Crippen LogP contribution in [0.3, 0.4) is 0 Å². The van der Waals surface area contributed by atoms with E-state index in [1.165, 1.54) is 6.07 Å². The van der Waals surface area contributed by atoms with Crippen molar-refractivity contribution in [2.45, 2.75) is 0 Å². The van der Waals surface area contributed by atoms with Crippen molar-refractivity contribution in [1.82, 2.24) is 4.98 Å². The molecule has 1 heterocycles. The fraction of sp³-hybridized carbons (Fsp3) is 0. The highest BCUT2D eigenvalue weighted by atomic mass is 35.5. The molecule has 0 aliphatic rings. The molecule has 0 spiro atoms. The van der Waals surface area contributed by atoms with Crippen LogP contribution < -0.4 is 5.73 Å². The Balaban J connectivity index is 2.25. The molecule has 2 N–H and O–H groups in total. The molecular weight excluding hydrogens is 309 g/mol. The van der Waals surface area contributed by atoms with Gasteiger partial charge in [-0.25, -0.2) is 13.8 Å². The van der Waals surface area contributed by atoms with Crippen LogP contribution in [0.15, 0.2) is 28.7 Å². The van der Waals surface area contributed by atoms with Crippen LogP contribution in [-0.2, 0) is 0 Å². The van der Waals surface area contributed by atoms with Gasteiger partial charge in [0.1, 0.15) is 5.52 Å². The summed E-state index contributed by atoms with van der Waals surface area (Å²) in [4.78, 5) is 4.13. The molecule has 3 rings (SSSR count). The van der Waals surface area contributed by atoms with Gasteiger partial charge in [-0.1, -0.05) is 23.2 Å². The van der Waals surface area contributed by atoms with Gasteiger partial charge in [0.05, 0.1) is 10.6 Å². The molecule has 0 bridgehead atoms. The van der Waals surface area contributed by atoms with Gasteiger partial charge in [-0.05, 0) is 18.2 Å². The predicted molar refractivity (Wildman–Crippen MR) is 73.8 cm³/mol. The number of nitrogens with zero attached hydrogens (tertiary/aromatic N) is 1. The van der Waals surface area contributed by atoms with E-state index in [-0.39, 0.29) is 22.2 Å². The Labute approximate surface area is 121 Å². The highest BCUT2D eigenvalue weighted by Gasteiger charge is 2.16. The summed E-state index contributed by atoms with van der Waals surface area (Å²) in [6.07, 6.45) is 0. The number of fused-ring (bicyclic) bond motifs is 1. The Morgan fingerprint density at radius 2 is 1.75 bits per heavy atom. The van der Waals surface area contributed by atoms with Crippen LogP contribution in [0.25, 0.3) is 22.6 Å². The first-order chi connectivity index (χ1) is 9.45. The number of halogens is 4. The van der Waals surface area contributed by atoms with Crippen LogP contribution in [0, 0.1) is 11.6 Å². The zero-order valence-electron chi connectivity index (χ0n) is 9.75. The molecule has 0 amide bonds. The van der Waals surface area contributed by atoms with Gasteiger partial charge in [0, 0.05) is 16.8 Å². The van der Waals surface area contributed by atoms with Gasteiger partial charge in [-0.3, -0.25) is 0 Å². The van der Waals surface area contributed by atoms with Crippen molar-refractivity contribution >= 4 is 40.0 Å². The molecule has 3 aromatic rings. The Morgan fingerprint density at radius 3 is 2.50 bits per heavy atom. The molecule has 0 saturated carbocycles. The average molecular weight is 315 g/mol. The zero-order chi connectivity index (χ0) is 14.4. The van der Waals surface area contributed by atoms with Gasteiger partial charge in [0.15, 0.2) is 17.2 Å². The Hall–Kier alpha value is -1.85. The lowest BCUT2D eigenvalue weighted by atomic mass is 10.1. The van der Waals surface area contributed by atoms with Crippen LogP contribution in [0.4, 0.5) is 14.5 Å². The second kappa shape index (κ2) is 4.61. The number of hydrogen-bond acceptors (Lipinski definition) is 3. The van der Waals surface area contributed by atoms with E-state index >= 15 is 0 Å². The summed E-state index contributed by atoms with van der Waals surface area (Å²) in [6, 6.07) is 4.83. The largest absolute Gasteiger partial charge is 0.434 e. The fourth-order valence-corrected chi connectivity index (χ4v) is 2.34. The summed E-state index contributed by atoms with van der Waals surface area (Å²) >= 11 is 11.8. The molecule has 102 valence electrons. The van der Waals surface area contributed by atoms with Crippen LogP contribution in [0.2, 0.25) is 10.0 Å². The van der Waals surface area contributed by atoms with Crippen molar-refractivity contribution in [2.75, 3.05) is 5.73 Å². The van der Waals surface area contributed by atoms with E-state index in [0.29, 0.717) is 16.1 Å². The lowest BCUT2D eigenvalue weighted by Crippen LogP contribution is -1.94. The van der Waals surface area contributed by atoms with Crippen LogP contribution in [0.5, 0.6) is 0 Å². The third-order valence-electron chi connectivity index (χ3n) is 2.73. The van der Waals surface area contributed by atoms with E-state index in [4.69, 9.17) is 33.4 Å². The number of aromatic nitrogens is 1. The third-order valence-corrected chi connectivity index (χ3v) is 3.23. The van der Waals surface area contributed by atoms with Crippen molar-refractivity contribution in [2.24, 2.45) is 0 Å². The van der Waals surface area contributed by atoms with E-state index < -0.39 is 11.6 Å². The highest BCUT2D eigenvalue weighted by molar-refractivity contribution is 6.38. The molecule has 0 aliphatic heterocycles. The second-order valence-electron chi connectivity index (χ2n) is 4.11. The summed E-state index contributed by atoms with van der Waals surface area (Å²) in [6.45, 7) is 0. The van der Waals surface area contributed by atoms with Gasteiger partial charge >= 0.3 is 0 Å². The first-order valence-corrected chi connectivity index (χ1v) is 6.22. The topological polar surface area (TPSA) is 52.0 Å². The molecule has 0 saturated heterocycles. The molecule has 0 unspecified atom stereocenters. The number of rotatable bonds is 1. The van der Waals surface area contributed by atoms with E-state index in [1.807, 2.05) is 0 Å². The maximum absolute atomic E-state index is 13.3. The quantitative estimate of drug-likeness (QED) is 0.664. The molecule has 0 aliphatic carbocycles. The van der Waals surface area contributed by atoms with E-state index in [2.05, 4.69) is 4.98 Å². The number of hydrogen-bond donors (Lipinski definition) is 1. The molecule has 20 heavy (non-hydrogen) atoms. The molecule has 0 radical (unpaired) electrons. The first kappa shape index (κ1) is 13.1. The van der Waals surface area contributed by atoms with E-state index in [9.17, 15) is 8.78 Å². The maximum atomic E-state index is 13.3. The monoisotopic (exact) mass is 314 g/mol. The lowest BCUT2D eigenvalue weighted by molar-refractivity contribution is 0.508. The number of nitrogen functional groups attached to an aromatic ring is 1. The summed E-state index contributed by atoms with van der Waals surface area (Å²) in [5.74, 6) is -2.04. The number of anilines is 1. The predicted octanol–water partition coefficient (Wildman–Crippen LogP) is 4.66. The number of nitrogens with two attached hydrogens (primary N) is 1. The van der Waals surface area contributed by atoms with Gasteiger partial charge in [-0.2, -0.15) is 0 Å². The molecule has 3 nitrogen and oxygen atoms in total. The summed E-state index contributed by atoms with van der Waals surface area (Å²) < 4.78 is 31.8. The van der Waals surface area contributed by atoms with Crippen LogP contribution in [0.1, 0.15) is 0 Å². The number of oxazole rings is 1. The molecule has 0 atom stereocenters. The molecule has 7 heteroatoms. The molecule has 1 aromatic heterocycles. The normalized spacial score (nSPS) is 11.2.